The highest BCUT2D eigenvalue weighted by molar-refractivity contribution is 5.42. The van der Waals surface area contributed by atoms with Crippen LogP contribution in [0, 0.1) is 11.8 Å². The normalized spacial score (nSPS) is 23.3. The number of rotatable bonds is 4. The van der Waals surface area contributed by atoms with Crippen molar-refractivity contribution in [1.29, 1.82) is 0 Å². The Kier molecular flexibility index (Phi) is 3.59. The summed E-state index contributed by atoms with van der Waals surface area (Å²) in [6.45, 7) is 0. The molecule has 0 spiro atoms. The van der Waals surface area contributed by atoms with Gasteiger partial charge in [-0.3, -0.25) is 0 Å². The van der Waals surface area contributed by atoms with Gasteiger partial charge in [0.05, 0.1) is 18.1 Å². The van der Waals surface area contributed by atoms with Gasteiger partial charge < -0.3 is 5.73 Å². The van der Waals surface area contributed by atoms with E-state index < -0.39 is 5.92 Å². The first-order valence-electron chi connectivity index (χ1n) is 8.48. The Morgan fingerprint density at radius 1 is 1.26 bits per heavy atom. The number of alkyl halides is 2. The summed E-state index contributed by atoms with van der Waals surface area (Å²) in [5.74, 6) is -1.59. The van der Waals surface area contributed by atoms with Gasteiger partial charge in [0, 0.05) is 18.9 Å². The number of imidazole rings is 1. The summed E-state index contributed by atoms with van der Waals surface area (Å²) in [6, 6.07) is 2.06. The molecule has 0 aromatic carbocycles. The van der Waals surface area contributed by atoms with Crippen molar-refractivity contribution >= 4 is 5.65 Å². The molecule has 2 N–H and O–H groups in total. The van der Waals surface area contributed by atoms with E-state index in [1.807, 2.05) is 18.5 Å². The van der Waals surface area contributed by atoms with Crippen molar-refractivity contribution in [2.45, 2.75) is 56.9 Å². The van der Waals surface area contributed by atoms with Crippen LogP contribution in [0.4, 0.5) is 8.78 Å². The van der Waals surface area contributed by atoms with Crippen LogP contribution in [-0.2, 0) is 6.42 Å². The largest absolute Gasteiger partial charge is 0.324 e. The molecule has 2 heterocycles. The minimum absolute atomic E-state index is 0.00365. The number of aromatic nitrogens is 3. The van der Waals surface area contributed by atoms with Gasteiger partial charge in [0.15, 0.2) is 5.65 Å². The lowest BCUT2D eigenvalue weighted by molar-refractivity contribution is -0.0457. The fraction of sp³-hybridized carbons (Fsp3) is 0.647. The first-order chi connectivity index (χ1) is 11.0. The molecule has 0 radical (unpaired) electrons. The average Bonchev–Trinajstić information content (AvgIpc) is 3.28. The molecule has 2 aliphatic rings. The van der Waals surface area contributed by atoms with E-state index in [0.29, 0.717) is 24.7 Å². The summed E-state index contributed by atoms with van der Waals surface area (Å²) >= 11 is 0. The predicted octanol–water partition coefficient (Wildman–Crippen LogP) is 3.51. The Labute approximate surface area is 134 Å². The molecule has 2 aromatic heterocycles. The van der Waals surface area contributed by atoms with Crippen LogP contribution in [0.2, 0.25) is 0 Å². The maximum absolute atomic E-state index is 13.2. The topological polar surface area (TPSA) is 56.2 Å². The molecule has 124 valence electrons. The lowest BCUT2D eigenvalue weighted by atomic mass is 9.84. The quantitative estimate of drug-likeness (QED) is 0.938. The van der Waals surface area contributed by atoms with Crippen LogP contribution >= 0.6 is 0 Å². The van der Waals surface area contributed by atoms with Gasteiger partial charge in [0.2, 0.25) is 5.92 Å². The highest BCUT2D eigenvalue weighted by atomic mass is 19.3. The monoisotopic (exact) mass is 320 g/mol. The predicted molar refractivity (Wildman–Crippen MR) is 83.2 cm³/mol. The van der Waals surface area contributed by atoms with E-state index in [4.69, 9.17) is 5.73 Å². The first-order valence-corrected chi connectivity index (χ1v) is 8.48. The maximum Gasteiger partial charge on any atom is 0.248 e. The summed E-state index contributed by atoms with van der Waals surface area (Å²) < 4.78 is 28.2. The van der Waals surface area contributed by atoms with Gasteiger partial charge in [0.1, 0.15) is 0 Å². The standard InChI is InChI=1S/C17H22F2N4/c18-17(19)5-3-11(4-6-17)7-14-10-23-15(22-14)8-13(9-21-23)16(20)12-1-2-12/h8-12,16H,1-7,20H2. The fourth-order valence-electron chi connectivity index (χ4n) is 3.55. The van der Waals surface area contributed by atoms with Crippen LogP contribution in [0.5, 0.6) is 0 Å². The molecule has 1 atom stereocenters. The van der Waals surface area contributed by atoms with Gasteiger partial charge in [0.25, 0.3) is 0 Å². The Balaban J connectivity index is 1.48. The van der Waals surface area contributed by atoms with Crippen LogP contribution in [-0.4, -0.2) is 20.5 Å². The minimum atomic E-state index is -2.47. The zero-order chi connectivity index (χ0) is 16.0. The van der Waals surface area contributed by atoms with Gasteiger partial charge in [-0.1, -0.05) is 0 Å². The van der Waals surface area contributed by atoms with Crippen molar-refractivity contribution in [2.75, 3.05) is 0 Å². The molecule has 1 unspecified atom stereocenters. The van der Waals surface area contributed by atoms with Crippen LogP contribution in [0.3, 0.4) is 0 Å². The van der Waals surface area contributed by atoms with Crippen molar-refractivity contribution in [3.63, 3.8) is 0 Å². The molecule has 2 aliphatic carbocycles. The lowest BCUT2D eigenvalue weighted by Gasteiger charge is -2.27. The number of fused-ring (bicyclic) bond motifs is 1. The van der Waals surface area contributed by atoms with Crippen molar-refractivity contribution in [3.8, 4) is 0 Å². The third kappa shape index (κ3) is 3.22. The zero-order valence-corrected chi connectivity index (χ0v) is 13.1. The first kappa shape index (κ1) is 15.0. The Hall–Kier alpha value is -1.56. The van der Waals surface area contributed by atoms with Crippen LogP contribution in [0.15, 0.2) is 18.5 Å². The van der Waals surface area contributed by atoms with Gasteiger partial charge in [-0.15, -0.1) is 0 Å². The second-order valence-corrected chi connectivity index (χ2v) is 7.19. The minimum Gasteiger partial charge on any atom is -0.324 e. The van der Waals surface area contributed by atoms with E-state index in [1.165, 1.54) is 12.8 Å². The number of hydrogen-bond donors (Lipinski definition) is 1. The third-order valence-corrected chi connectivity index (χ3v) is 5.24. The number of halogens is 2. The molecule has 4 rings (SSSR count). The highest BCUT2D eigenvalue weighted by Crippen LogP contribution is 2.39. The van der Waals surface area contributed by atoms with E-state index >= 15 is 0 Å². The van der Waals surface area contributed by atoms with E-state index in [-0.39, 0.29) is 18.9 Å². The summed E-state index contributed by atoms with van der Waals surface area (Å²) in [7, 11) is 0. The van der Waals surface area contributed by atoms with Gasteiger partial charge in [-0.25, -0.2) is 18.3 Å². The molecule has 2 fully saturated rings. The average molecular weight is 320 g/mol. The molecule has 0 saturated heterocycles. The number of hydrogen-bond acceptors (Lipinski definition) is 3. The molecule has 23 heavy (non-hydrogen) atoms. The molecule has 2 aromatic rings. The fourth-order valence-corrected chi connectivity index (χ4v) is 3.55. The van der Waals surface area contributed by atoms with E-state index in [0.717, 1.165) is 23.3 Å². The Bertz CT molecular complexity index is 698. The van der Waals surface area contributed by atoms with Crippen molar-refractivity contribution in [1.82, 2.24) is 14.6 Å². The molecule has 0 aliphatic heterocycles. The smallest absolute Gasteiger partial charge is 0.248 e. The van der Waals surface area contributed by atoms with Crippen molar-refractivity contribution in [3.05, 3.63) is 29.7 Å². The van der Waals surface area contributed by atoms with E-state index in [1.54, 1.807) is 4.52 Å². The number of nitrogens with two attached hydrogens (primary N) is 1. The molecular formula is C17H22F2N4. The summed E-state index contributed by atoms with van der Waals surface area (Å²) in [4.78, 5) is 4.62. The number of nitrogens with zero attached hydrogens (tertiary/aromatic N) is 3. The SMILES string of the molecule is NC(c1cnn2cc(CC3CCC(F)(F)CC3)nc2c1)C1CC1. The summed E-state index contributed by atoms with van der Waals surface area (Å²) in [5, 5.41) is 4.40. The Morgan fingerprint density at radius 3 is 2.70 bits per heavy atom. The lowest BCUT2D eigenvalue weighted by Crippen LogP contribution is -2.25. The summed E-state index contributed by atoms with van der Waals surface area (Å²) in [5.41, 5.74) is 9.00. The molecule has 6 heteroatoms. The van der Waals surface area contributed by atoms with Crippen LogP contribution < -0.4 is 5.73 Å². The molecular weight excluding hydrogens is 298 g/mol. The summed E-state index contributed by atoms with van der Waals surface area (Å²) in [6.07, 6.45) is 8.03. The molecule has 4 nitrogen and oxygen atoms in total. The second kappa shape index (κ2) is 5.51. The maximum atomic E-state index is 13.2. The van der Waals surface area contributed by atoms with Gasteiger partial charge in [-0.2, -0.15) is 5.10 Å². The molecule has 0 amide bonds. The van der Waals surface area contributed by atoms with Gasteiger partial charge in [-0.05, 0) is 55.6 Å². The molecule has 2 saturated carbocycles. The van der Waals surface area contributed by atoms with Crippen LogP contribution in [0.25, 0.3) is 5.65 Å². The molecule has 0 bridgehead atoms. The zero-order valence-electron chi connectivity index (χ0n) is 13.1. The highest BCUT2D eigenvalue weighted by Gasteiger charge is 2.35. The second-order valence-electron chi connectivity index (χ2n) is 7.19. The van der Waals surface area contributed by atoms with Crippen LogP contribution in [0.1, 0.15) is 55.8 Å². The van der Waals surface area contributed by atoms with E-state index in [9.17, 15) is 8.78 Å². The van der Waals surface area contributed by atoms with Crippen molar-refractivity contribution in [2.24, 2.45) is 17.6 Å². The van der Waals surface area contributed by atoms with Gasteiger partial charge >= 0.3 is 0 Å². The van der Waals surface area contributed by atoms with Crippen molar-refractivity contribution < 1.29 is 8.78 Å². The Morgan fingerprint density at radius 2 is 2.00 bits per heavy atom. The third-order valence-electron chi connectivity index (χ3n) is 5.24. The van der Waals surface area contributed by atoms with E-state index in [2.05, 4.69) is 10.1 Å².